The van der Waals surface area contributed by atoms with Crippen LogP contribution in [-0.2, 0) is 52.2 Å². The first kappa shape index (κ1) is 65.1. The maximum atomic E-state index is 12.2. The number of aryl methyl sites for hydroxylation is 4. The van der Waals surface area contributed by atoms with Crippen molar-refractivity contribution < 1.29 is 70.6 Å². The lowest BCUT2D eigenvalue weighted by Crippen LogP contribution is -2.38. The van der Waals surface area contributed by atoms with Gasteiger partial charge in [0.25, 0.3) is 32.4 Å². The smallest absolute Gasteiger partial charge is 0.330 e. The lowest BCUT2D eigenvalue weighted by Gasteiger charge is -2.24. The molecule has 16 atom stereocenters. The summed E-state index contributed by atoms with van der Waals surface area (Å²) in [4.78, 5) is 99.9. The molecule has 0 radical (unpaired) electrons. The number of fused-ring (bicyclic) bond motifs is 5. The van der Waals surface area contributed by atoms with Crippen molar-refractivity contribution in [2.45, 2.75) is 165 Å². The predicted octanol–water partition coefficient (Wildman–Crippen LogP) is -1.53. The van der Waals surface area contributed by atoms with Gasteiger partial charge in [0.1, 0.15) is 48.8 Å². The third-order valence-corrected chi connectivity index (χ3v) is 14.7. The fraction of sp³-hybridized carbons (Fsp3) is 0.660. The van der Waals surface area contributed by atoms with Crippen LogP contribution in [0.3, 0.4) is 0 Å². The number of aromatic amines is 3. The Morgan fingerprint density at radius 1 is 0.540 bits per heavy atom. The van der Waals surface area contributed by atoms with Crippen molar-refractivity contribution in [1.82, 2.24) is 38.2 Å². The monoisotopic (exact) mass is 1250 g/mol. The number of aliphatic hydroxyl groups excluding tert-OH is 3. The maximum absolute atomic E-state index is 12.2. The van der Waals surface area contributed by atoms with Gasteiger partial charge in [-0.25, -0.2) is 14.4 Å². The first-order chi connectivity index (χ1) is 40.9. The summed E-state index contributed by atoms with van der Waals surface area (Å²) in [6, 6.07) is 0.131. The van der Waals surface area contributed by atoms with E-state index in [-0.39, 0.29) is 43.4 Å². The summed E-state index contributed by atoms with van der Waals surface area (Å²) >= 11 is 0. The van der Waals surface area contributed by atoms with Gasteiger partial charge >= 0.3 is 23.1 Å². The van der Waals surface area contributed by atoms with Crippen molar-refractivity contribution in [1.29, 1.82) is 0 Å². The van der Waals surface area contributed by atoms with Crippen molar-refractivity contribution in [2.24, 2.45) is 15.3 Å². The Labute approximate surface area is 487 Å². The predicted molar refractivity (Wildman–Crippen MR) is 290 cm³/mol. The van der Waals surface area contributed by atoms with Crippen LogP contribution in [0.5, 0.6) is 6.01 Å². The molecule has 0 unspecified atom stereocenters. The molecule has 0 bridgehead atoms. The quantitative estimate of drug-likeness (QED) is 0.0405. The Bertz CT molecular complexity index is 3960. The van der Waals surface area contributed by atoms with E-state index >= 15 is 0 Å². The minimum Gasteiger partial charge on any atom is -0.453 e. The van der Waals surface area contributed by atoms with E-state index in [1.807, 2.05) is 0 Å². The zero-order valence-corrected chi connectivity index (χ0v) is 48.5. The maximum Gasteiger partial charge on any atom is 0.330 e. The normalized spacial score (nSPS) is 30.9. The molecule has 11 rings (SSSR count). The molecule has 6 saturated heterocycles. The lowest BCUT2D eigenvalue weighted by molar-refractivity contribution is -0.199. The summed E-state index contributed by atoms with van der Waals surface area (Å²) in [5.41, 5.74) is 22.6. The van der Waals surface area contributed by atoms with Crippen LogP contribution in [0.15, 0.2) is 73.7 Å². The fourth-order valence-corrected chi connectivity index (χ4v) is 10.6. The summed E-state index contributed by atoms with van der Waals surface area (Å²) in [6.45, 7) is 12.8. The first-order valence-corrected chi connectivity index (χ1v) is 28.1. The molecule has 472 valence electrons. The number of hydrogen-bond donors (Lipinski definition) is 6. The van der Waals surface area contributed by atoms with E-state index in [2.05, 4.69) is 50.0 Å². The van der Waals surface area contributed by atoms with Crippen LogP contribution < -0.4 is 44.0 Å². The largest absolute Gasteiger partial charge is 0.453 e. The van der Waals surface area contributed by atoms with Crippen molar-refractivity contribution in [3.63, 3.8) is 0 Å². The number of hydrogen-bond acceptors (Lipinski definition) is 26. The van der Waals surface area contributed by atoms with E-state index in [1.165, 1.54) is 34.6 Å². The molecule has 6 fully saturated rings. The molecule has 7 aliphatic heterocycles. The third kappa shape index (κ3) is 14.3. The van der Waals surface area contributed by atoms with Gasteiger partial charge in [0, 0.05) is 61.8 Å². The highest BCUT2D eigenvalue weighted by atomic mass is 32.2. The van der Waals surface area contributed by atoms with Crippen LogP contribution in [0, 0.1) is 27.7 Å². The van der Waals surface area contributed by atoms with E-state index in [9.17, 15) is 57.3 Å². The van der Waals surface area contributed by atoms with Gasteiger partial charge in [-0.05, 0) is 72.0 Å². The Morgan fingerprint density at radius 3 is 1.37 bits per heavy atom. The van der Waals surface area contributed by atoms with Crippen LogP contribution in [-0.4, -0.2) is 179 Å². The van der Waals surface area contributed by atoms with Crippen LogP contribution in [0.1, 0.15) is 74.9 Å². The second-order valence-corrected chi connectivity index (χ2v) is 23.2. The average molecular weight is 1250 g/mol. The number of nitrogens with one attached hydrogen (secondary N) is 3. The summed E-state index contributed by atoms with van der Waals surface area (Å²) in [7, 11) is -3.66. The van der Waals surface area contributed by atoms with Crippen molar-refractivity contribution in [2.75, 3.05) is 32.5 Å². The number of rotatable bonds is 12. The molecule has 0 spiro atoms. The molecule has 0 amide bonds. The highest BCUT2D eigenvalue weighted by Gasteiger charge is 2.58. The van der Waals surface area contributed by atoms with Crippen LogP contribution >= 0.6 is 0 Å². The Hall–Kier alpha value is -7.88. The molecular weight excluding hydrogens is 1190 g/mol. The summed E-state index contributed by atoms with van der Waals surface area (Å²) in [6.07, 6.45) is -6.26. The van der Waals surface area contributed by atoms with Crippen molar-refractivity contribution in [3.8, 4) is 6.01 Å². The summed E-state index contributed by atoms with van der Waals surface area (Å²) < 4.78 is 83.6. The number of aliphatic hydroxyl groups is 3. The first-order valence-electron chi connectivity index (χ1n) is 26.3. The van der Waals surface area contributed by atoms with Crippen molar-refractivity contribution in [3.05, 3.63) is 151 Å². The highest BCUT2D eigenvalue weighted by molar-refractivity contribution is 7.86. The SMILES string of the molecule is Cc1cn([C@@H]2O[C@H](CN=[N+]=[N-])[C@@H](O)[C@H]2O)c(=O)[nH]c1=O.Cc1cn([C@@H]2O[C@H](CN=[N+]=[N-])[C@H]3OC(C)(C)O[C@H]32)c(=O)[nH]c1=O.Cc1cn([C@@H]2O[C@H](COS(C)(=O)=O)[C@H]3OC(C)(C)O[C@H]32)c(=O)[nH]c1=O.Cc1cn2c(nc1=O)O[C@H]1[C@H](O)[C@@H](CN=[N+]=[N-])O[C@H]12. The van der Waals surface area contributed by atoms with Gasteiger partial charge in [-0.3, -0.25) is 56.6 Å². The van der Waals surface area contributed by atoms with Gasteiger partial charge in [-0.15, -0.1) is 0 Å². The number of azide groups is 3. The standard InChI is InChI=1S/C14H20N2O8S.C13H17N5O5.C10H13N5O5.C10H11N5O4/c1-7-5-16(13(18)15-11(7)17)12-10-9(23-14(2,3)24-10)8(22-12)6-21-25(4,19)20;1-6-5-18(12(20)16-10(6)19)11-9-8(22-13(2,3)23-9)7(21-11)4-15-17-14;1-4-3-15(10(19)13-8(4)18)9-7(17)6(16)5(20-9)2-12-14-11;1-4-3-15-9-7(19-10(15)13-8(4)17)6(16)5(18-9)2-12-14-11/h5,8-10,12H,6H2,1-4H3,(H,15,17,18);5,7-9,11H,4H2,1-3H3,(H,16,19,20);3,5-7,9,16-17H,2H2,1H3,(H,13,18,19);3,5-7,9,16H,2H2,1H3/t8-,9-,10-,12-;7-,8-,9-,11-;5-,6-,7-,9-;5-,6-,7+,9-/m1111/s1. The summed E-state index contributed by atoms with van der Waals surface area (Å²) in [5, 5.41) is 39.9. The molecule has 7 aliphatic rings. The molecule has 87 heavy (non-hydrogen) atoms. The summed E-state index contributed by atoms with van der Waals surface area (Å²) in [5.74, 6) is -1.77. The number of ether oxygens (including phenoxy) is 9. The topological polar surface area (TPSA) is 533 Å². The van der Waals surface area contributed by atoms with Gasteiger partial charge in [-0.1, -0.05) is 15.3 Å². The van der Waals surface area contributed by atoms with Gasteiger partial charge in [0.05, 0.1) is 50.8 Å². The van der Waals surface area contributed by atoms with Gasteiger partial charge in [0.15, 0.2) is 42.6 Å². The lowest BCUT2D eigenvalue weighted by atomic mass is 10.1. The average Bonchev–Trinajstić information content (AvgIpc) is 1.68. The van der Waals surface area contributed by atoms with Gasteiger partial charge < -0.3 is 58.0 Å². The highest BCUT2D eigenvalue weighted by Crippen LogP contribution is 2.44. The molecule has 39 nitrogen and oxygen atoms in total. The van der Waals surface area contributed by atoms with Crippen LogP contribution in [0.2, 0.25) is 0 Å². The number of nitrogens with zero attached hydrogens (tertiary/aromatic N) is 14. The van der Waals surface area contributed by atoms with E-state index < -0.39 is 154 Å². The zero-order valence-electron chi connectivity index (χ0n) is 47.6. The Kier molecular flexibility index (Phi) is 19.3. The van der Waals surface area contributed by atoms with Crippen LogP contribution in [0.4, 0.5) is 0 Å². The molecule has 6 N–H and O–H groups in total. The molecule has 0 aliphatic carbocycles. The van der Waals surface area contributed by atoms with Gasteiger partial charge in [0.2, 0.25) is 0 Å². The molecule has 0 aromatic carbocycles. The number of H-pyrrole nitrogens is 3. The fourth-order valence-electron chi connectivity index (χ4n) is 10.2. The molecule has 0 saturated carbocycles. The van der Waals surface area contributed by atoms with E-state index in [1.54, 1.807) is 59.2 Å². The van der Waals surface area contributed by atoms with Crippen molar-refractivity contribution >= 4 is 10.1 Å². The van der Waals surface area contributed by atoms with E-state index in [0.29, 0.717) is 16.7 Å². The van der Waals surface area contributed by atoms with Gasteiger partial charge in [-0.2, -0.15) is 13.4 Å². The minimum absolute atomic E-state index is 0.0238. The molecule has 4 aromatic heterocycles. The molecule has 4 aromatic rings. The second-order valence-electron chi connectivity index (χ2n) is 21.5. The zero-order chi connectivity index (χ0) is 63.8. The number of aromatic nitrogens is 8. The molecular formula is C47H61N17O22S. The molecule has 40 heteroatoms. The Balaban J connectivity index is 0.000000151. The minimum atomic E-state index is -3.66. The Morgan fingerprint density at radius 2 is 0.908 bits per heavy atom. The second kappa shape index (κ2) is 25.8. The van der Waals surface area contributed by atoms with Crippen LogP contribution in [0.25, 0.3) is 31.3 Å². The van der Waals surface area contributed by atoms with E-state index in [0.717, 1.165) is 10.8 Å². The van der Waals surface area contributed by atoms with E-state index in [4.69, 9.17) is 63.4 Å². The third-order valence-electron chi connectivity index (χ3n) is 14.2. The molecule has 11 heterocycles.